The molecule has 0 bridgehead atoms. The number of hydrogen-bond donors (Lipinski definition) is 0. The van der Waals surface area contributed by atoms with Crippen molar-refractivity contribution in [2.45, 2.75) is 6.54 Å². The van der Waals surface area contributed by atoms with Crippen molar-refractivity contribution < 1.29 is 0 Å². The van der Waals surface area contributed by atoms with Crippen molar-refractivity contribution in [3.8, 4) is 11.3 Å². The molecule has 1 heterocycles. The number of fused-ring (bicyclic) bond motifs is 1. The van der Waals surface area contributed by atoms with E-state index in [9.17, 15) is 0 Å². The average Bonchev–Trinajstić information content (AvgIpc) is 2.46. The van der Waals surface area contributed by atoms with Crippen LogP contribution in [0.3, 0.4) is 0 Å². The summed E-state index contributed by atoms with van der Waals surface area (Å²) in [7, 11) is 4.14. The summed E-state index contributed by atoms with van der Waals surface area (Å²) in [5.41, 5.74) is 4.25. The lowest BCUT2D eigenvalue weighted by molar-refractivity contribution is 0.402. The van der Waals surface area contributed by atoms with Gasteiger partial charge < -0.3 is 4.90 Å². The molecule has 0 aliphatic rings. The highest BCUT2D eigenvalue weighted by atomic mass is 15.0. The molecule has 0 atom stereocenters. The van der Waals surface area contributed by atoms with E-state index in [-0.39, 0.29) is 0 Å². The van der Waals surface area contributed by atoms with E-state index in [0.29, 0.717) is 0 Å². The summed E-state index contributed by atoms with van der Waals surface area (Å²) in [6.07, 6.45) is 2.75. The molecule has 0 aliphatic carbocycles. The number of rotatable bonds is 3. The van der Waals surface area contributed by atoms with E-state index in [1.54, 1.807) is 0 Å². The van der Waals surface area contributed by atoms with Gasteiger partial charge in [-0.05, 0) is 31.8 Å². The van der Waals surface area contributed by atoms with Gasteiger partial charge in [0.1, 0.15) is 0 Å². The van der Waals surface area contributed by atoms with Gasteiger partial charge in [-0.15, -0.1) is 0 Å². The van der Waals surface area contributed by atoms with Crippen molar-refractivity contribution in [2.75, 3.05) is 14.1 Å². The highest BCUT2D eigenvalue weighted by Crippen LogP contribution is 2.25. The molecule has 1 aromatic heterocycles. The predicted octanol–water partition coefficient (Wildman–Crippen LogP) is 3.16. The molecule has 0 unspecified atom stereocenters. The van der Waals surface area contributed by atoms with Crippen molar-refractivity contribution in [1.29, 1.82) is 0 Å². The number of para-hydroxylation sites is 1. The number of benzene rings is 2. The Labute approximate surface area is 118 Å². The summed E-state index contributed by atoms with van der Waals surface area (Å²) < 4.78 is 0. The lowest BCUT2D eigenvalue weighted by Crippen LogP contribution is -2.10. The largest absolute Gasteiger partial charge is 0.305 e. The van der Waals surface area contributed by atoms with Gasteiger partial charge >= 0.3 is 0 Å². The highest BCUT2D eigenvalue weighted by molar-refractivity contribution is 5.91. The summed E-state index contributed by atoms with van der Waals surface area (Å²) in [5, 5.41) is 1.06. The van der Waals surface area contributed by atoms with Crippen molar-refractivity contribution in [3.05, 3.63) is 60.4 Å². The Morgan fingerprint density at radius 1 is 1.00 bits per heavy atom. The molecule has 0 fully saturated rings. The molecule has 3 aromatic rings. The molecule has 0 spiro atoms. The first-order chi connectivity index (χ1) is 9.74. The first-order valence-corrected chi connectivity index (χ1v) is 6.61. The van der Waals surface area contributed by atoms with Crippen LogP contribution in [0.2, 0.25) is 0 Å². The van der Waals surface area contributed by atoms with Crippen LogP contribution in [-0.2, 0) is 6.54 Å². The molecule has 0 N–H and O–H groups in total. The SMILES string of the molecule is CN(C)Cc1cccc(-c2n[c]nc3ccccc23)c1. The van der Waals surface area contributed by atoms with Crippen LogP contribution in [0.4, 0.5) is 0 Å². The molecule has 0 aliphatic heterocycles. The van der Waals surface area contributed by atoms with Gasteiger partial charge in [-0.2, -0.15) is 0 Å². The summed E-state index contributed by atoms with van der Waals surface area (Å²) >= 11 is 0. The molecule has 20 heavy (non-hydrogen) atoms. The first-order valence-electron chi connectivity index (χ1n) is 6.61. The van der Waals surface area contributed by atoms with Gasteiger partial charge in [0.25, 0.3) is 0 Å². The van der Waals surface area contributed by atoms with Crippen molar-refractivity contribution in [3.63, 3.8) is 0 Å². The third-order valence-corrected chi connectivity index (χ3v) is 3.19. The molecule has 0 amide bonds. The molecule has 0 saturated carbocycles. The quantitative estimate of drug-likeness (QED) is 0.726. The maximum Gasteiger partial charge on any atom is 0.198 e. The lowest BCUT2D eigenvalue weighted by Gasteiger charge is -2.11. The van der Waals surface area contributed by atoms with Gasteiger partial charge in [0, 0.05) is 17.5 Å². The molecule has 2 aromatic carbocycles. The van der Waals surface area contributed by atoms with Crippen LogP contribution in [-0.4, -0.2) is 29.0 Å². The van der Waals surface area contributed by atoms with E-state index in [2.05, 4.69) is 65.6 Å². The number of hydrogen-bond acceptors (Lipinski definition) is 3. The zero-order valence-electron chi connectivity index (χ0n) is 11.7. The second-order valence-electron chi connectivity index (χ2n) is 5.13. The first kappa shape index (κ1) is 12.8. The van der Waals surface area contributed by atoms with E-state index in [1.807, 2.05) is 18.2 Å². The molecule has 3 nitrogen and oxygen atoms in total. The third-order valence-electron chi connectivity index (χ3n) is 3.19. The normalized spacial score (nSPS) is 11.2. The second-order valence-corrected chi connectivity index (χ2v) is 5.13. The van der Waals surface area contributed by atoms with Gasteiger partial charge in [0.2, 0.25) is 0 Å². The van der Waals surface area contributed by atoms with Gasteiger partial charge in [-0.25, -0.2) is 9.97 Å². The smallest absolute Gasteiger partial charge is 0.198 e. The predicted molar refractivity (Wildman–Crippen MR) is 81.2 cm³/mol. The maximum atomic E-state index is 4.35. The Morgan fingerprint density at radius 2 is 1.85 bits per heavy atom. The van der Waals surface area contributed by atoms with Gasteiger partial charge in [0.05, 0.1) is 11.2 Å². The van der Waals surface area contributed by atoms with E-state index in [1.165, 1.54) is 5.56 Å². The minimum Gasteiger partial charge on any atom is -0.305 e. The van der Waals surface area contributed by atoms with Crippen molar-refractivity contribution >= 4 is 10.9 Å². The summed E-state index contributed by atoms with van der Waals surface area (Å²) in [6, 6.07) is 16.5. The van der Waals surface area contributed by atoms with Crippen LogP contribution in [0.25, 0.3) is 22.2 Å². The van der Waals surface area contributed by atoms with Crippen LogP contribution < -0.4 is 0 Å². The Hall–Kier alpha value is -2.26. The van der Waals surface area contributed by atoms with Gasteiger partial charge in [0.15, 0.2) is 6.33 Å². The topological polar surface area (TPSA) is 29.0 Å². The minimum absolute atomic E-state index is 0.917. The Kier molecular flexibility index (Phi) is 3.44. The van der Waals surface area contributed by atoms with Crippen molar-refractivity contribution in [2.24, 2.45) is 0 Å². The van der Waals surface area contributed by atoms with Crippen LogP contribution in [0.1, 0.15) is 5.56 Å². The van der Waals surface area contributed by atoms with E-state index in [4.69, 9.17) is 0 Å². The molecular formula is C17H16N3. The van der Waals surface area contributed by atoms with Crippen LogP contribution in [0, 0.1) is 6.33 Å². The zero-order chi connectivity index (χ0) is 13.9. The monoisotopic (exact) mass is 262 g/mol. The molecule has 3 heteroatoms. The average molecular weight is 262 g/mol. The zero-order valence-corrected chi connectivity index (χ0v) is 11.7. The van der Waals surface area contributed by atoms with Crippen LogP contribution in [0.5, 0.6) is 0 Å². The standard InChI is InChI=1S/C17H16N3/c1-20(2)11-13-6-5-7-14(10-13)17-15-8-3-4-9-16(15)18-12-19-17/h3-10H,11H2,1-2H3. The molecule has 99 valence electrons. The molecule has 0 saturated heterocycles. The summed E-state index contributed by atoms with van der Waals surface area (Å²) in [5.74, 6) is 0. The second kappa shape index (κ2) is 5.39. The Morgan fingerprint density at radius 3 is 2.70 bits per heavy atom. The highest BCUT2D eigenvalue weighted by Gasteiger charge is 2.07. The summed E-state index contributed by atoms with van der Waals surface area (Å²) in [6.45, 7) is 0.917. The molecule has 3 rings (SSSR count). The maximum absolute atomic E-state index is 4.35. The van der Waals surface area contributed by atoms with Gasteiger partial charge in [-0.3, -0.25) is 0 Å². The molecule has 1 radical (unpaired) electrons. The van der Waals surface area contributed by atoms with E-state index in [0.717, 1.165) is 28.7 Å². The van der Waals surface area contributed by atoms with Crippen molar-refractivity contribution in [1.82, 2.24) is 14.9 Å². The fourth-order valence-electron chi connectivity index (χ4n) is 2.36. The Bertz CT molecular complexity index is 730. The van der Waals surface area contributed by atoms with Crippen LogP contribution in [0.15, 0.2) is 48.5 Å². The van der Waals surface area contributed by atoms with E-state index < -0.39 is 0 Å². The number of nitrogens with zero attached hydrogens (tertiary/aromatic N) is 3. The molecular weight excluding hydrogens is 246 g/mol. The minimum atomic E-state index is 0.917. The van der Waals surface area contributed by atoms with Crippen LogP contribution >= 0.6 is 0 Å². The fourth-order valence-corrected chi connectivity index (χ4v) is 2.36. The Balaban J connectivity index is 2.11. The lowest BCUT2D eigenvalue weighted by atomic mass is 10.0. The number of aromatic nitrogens is 2. The van der Waals surface area contributed by atoms with Gasteiger partial charge in [-0.1, -0.05) is 36.4 Å². The summed E-state index contributed by atoms with van der Waals surface area (Å²) in [4.78, 5) is 10.7. The fraction of sp³-hybridized carbons (Fsp3) is 0.176. The van der Waals surface area contributed by atoms with E-state index >= 15 is 0 Å². The third kappa shape index (κ3) is 2.53.